The predicted molar refractivity (Wildman–Crippen MR) is 69.6 cm³/mol. The van der Waals surface area contributed by atoms with Gasteiger partial charge in [0.05, 0.1) is 10.5 Å². The molecule has 1 rings (SSSR count). The van der Waals surface area contributed by atoms with Crippen LogP contribution < -0.4 is 4.90 Å². The molecular formula is C11H8BrF3N2O4. The molecule has 0 N–H and O–H groups in total. The second-order valence-corrected chi connectivity index (χ2v) is 4.87. The fourth-order valence-corrected chi connectivity index (χ4v) is 2.16. The van der Waals surface area contributed by atoms with Gasteiger partial charge in [-0.1, -0.05) is 15.9 Å². The van der Waals surface area contributed by atoms with E-state index >= 15 is 0 Å². The Morgan fingerprint density at radius 1 is 1.24 bits per heavy atom. The standard InChI is InChI=1S/C11H8BrF3N2O4/c1-5(18)16(6(2)19)10-8(11(13,14)15)3-7(12)4-9(10)17(20)21/h3-4H,1-2H3. The van der Waals surface area contributed by atoms with Gasteiger partial charge < -0.3 is 0 Å². The molecule has 0 fully saturated rings. The lowest BCUT2D eigenvalue weighted by Crippen LogP contribution is -2.35. The summed E-state index contributed by atoms with van der Waals surface area (Å²) in [7, 11) is 0. The van der Waals surface area contributed by atoms with E-state index in [4.69, 9.17) is 0 Å². The van der Waals surface area contributed by atoms with Crippen molar-refractivity contribution in [3.63, 3.8) is 0 Å². The van der Waals surface area contributed by atoms with Crippen molar-refractivity contribution in [3.05, 3.63) is 32.3 Å². The predicted octanol–water partition coefficient (Wildman–Crippen LogP) is 3.28. The Labute approximate surface area is 124 Å². The zero-order valence-corrected chi connectivity index (χ0v) is 12.3. The lowest BCUT2D eigenvalue weighted by Gasteiger charge is -2.21. The first kappa shape index (κ1) is 17.1. The molecule has 0 saturated heterocycles. The average Bonchev–Trinajstić information content (AvgIpc) is 2.27. The molecule has 21 heavy (non-hydrogen) atoms. The van der Waals surface area contributed by atoms with Gasteiger partial charge in [-0.3, -0.25) is 19.7 Å². The van der Waals surface area contributed by atoms with Crippen LogP contribution in [0.2, 0.25) is 0 Å². The van der Waals surface area contributed by atoms with Gasteiger partial charge in [0, 0.05) is 24.4 Å². The van der Waals surface area contributed by atoms with Gasteiger partial charge in [-0.2, -0.15) is 13.2 Å². The highest BCUT2D eigenvalue weighted by Crippen LogP contribution is 2.44. The molecule has 0 aromatic heterocycles. The fourth-order valence-electron chi connectivity index (χ4n) is 1.71. The molecule has 1 aromatic rings. The molecule has 0 unspecified atom stereocenters. The number of anilines is 1. The molecule has 0 saturated carbocycles. The zero-order chi connectivity index (χ0) is 16.5. The van der Waals surface area contributed by atoms with Crippen molar-refractivity contribution in [1.29, 1.82) is 0 Å². The first-order valence-electron chi connectivity index (χ1n) is 5.33. The number of nitro groups is 1. The van der Waals surface area contributed by atoms with Crippen LogP contribution >= 0.6 is 15.9 Å². The minimum atomic E-state index is -4.98. The van der Waals surface area contributed by atoms with E-state index in [0.29, 0.717) is 6.07 Å². The van der Waals surface area contributed by atoms with Gasteiger partial charge in [0.15, 0.2) is 0 Å². The number of halogens is 4. The minimum absolute atomic E-state index is 0.132. The maximum absolute atomic E-state index is 13.1. The molecule has 1 aromatic carbocycles. The number of benzene rings is 1. The third kappa shape index (κ3) is 3.57. The van der Waals surface area contributed by atoms with Crippen LogP contribution in [0.5, 0.6) is 0 Å². The highest BCUT2D eigenvalue weighted by atomic mass is 79.9. The van der Waals surface area contributed by atoms with Gasteiger partial charge in [0.25, 0.3) is 5.69 Å². The van der Waals surface area contributed by atoms with Crippen LogP contribution in [0.15, 0.2) is 16.6 Å². The quantitative estimate of drug-likeness (QED) is 0.592. The third-order valence-corrected chi connectivity index (χ3v) is 2.87. The Kier molecular flexibility index (Phi) is 4.72. The molecule has 0 atom stereocenters. The molecule has 0 spiro atoms. The monoisotopic (exact) mass is 368 g/mol. The number of carbonyl (C=O) groups is 2. The Balaban J connectivity index is 3.86. The average molecular weight is 369 g/mol. The van der Waals surface area contributed by atoms with Crippen molar-refractivity contribution in [3.8, 4) is 0 Å². The van der Waals surface area contributed by atoms with E-state index in [2.05, 4.69) is 15.9 Å². The summed E-state index contributed by atoms with van der Waals surface area (Å²) in [5.41, 5.74) is -3.54. The lowest BCUT2D eigenvalue weighted by molar-refractivity contribution is -0.384. The van der Waals surface area contributed by atoms with E-state index in [-0.39, 0.29) is 9.37 Å². The molecule has 0 aliphatic heterocycles. The first-order chi connectivity index (χ1) is 9.46. The van der Waals surface area contributed by atoms with Crippen LogP contribution in [0.3, 0.4) is 0 Å². The Morgan fingerprint density at radius 2 is 1.71 bits per heavy atom. The SMILES string of the molecule is CC(=O)N(C(C)=O)c1c([N+](=O)[O-])cc(Br)cc1C(F)(F)F. The molecular weight excluding hydrogens is 361 g/mol. The van der Waals surface area contributed by atoms with Crippen LogP contribution in [0.25, 0.3) is 0 Å². The summed E-state index contributed by atoms with van der Waals surface area (Å²) in [4.78, 5) is 32.9. The molecule has 0 radical (unpaired) electrons. The van der Waals surface area contributed by atoms with Crippen LogP contribution in [0, 0.1) is 10.1 Å². The maximum Gasteiger partial charge on any atom is 0.418 e. The van der Waals surface area contributed by atoms with Gasteiger partial charge in [0.2, 0.25) is 11.8 Å². The Bertz CT molecular complexity index is 617. The number of amides is 2. The molecule has 0 aliphatic carbocycles. The minimum Gasteiger partial charge on any atom is -0.274 e. The number of hydrogen-bond acceptors (Lipinski definition) is 4. The molecule has 2 amide bonds. The third-order valence-electron chi connectivity index (χ3n) is 2.41. The zero-order valence-electron chi connectivity index (χ0n) is 10.7. The van der Waals surface area contributed by atoms with Gasteiger partial charge >= 0.3 is 6.18 Å². The number of rotatable bonds is 2. The fraction of sp³-hybridized carbons (Fsp3) is 0.273. The summed E-state index contributed by atoms with van der Waals surface area (Å²) >= 11 is 2.74. The summed E-state index contributed by atoms with van der Waals surface area (Å²) < 4.78 is 39.0. The molecule has 114 valence electrons. The summed E-state index contributed by atoms with van der Waals surface area (Å²) in [6.45, 7) is 1.68. The van der Waals surface area contributed by atoms with E-state index in [1.54, 1.807) is 0 Å². The number of carbonyl (C=O) groups excluding carboxylic acids is 2. The number of hydrogen-bond donors (Lipinski definition) is 0. The van der Waals surface area contributed by atoms with Crippen molar-refractivity contribution in [2.75, 3.05) is 4.90 Å². The molecule has 6 nitrogen and oxygen atoms in total. The largest absolute Gasteiger partial charge is 0.418 e. The number of nitro benzene ring substituents is 1. The second kappa shape index (κ2) is 5.80. The normalized spacial score (nSPS) is 11.1. The van der Waals surface area contributed by atoms with Crippen molar-refractivity contribution >= 4 is 39.1 Å². The highest BCUT2D eigenvalue weighted by Gasteiger charge is 2.41. The van der Waals surface area contributed by atoms with Crippen LogP contribution in [0.4, 0.5) is 24.5 Å². The van der Waals surface area contributed by atoms with Gasteiger partial charge in [-0.05, 0) is 6.07 Å². The van der Waals surface area contributed by atoms with E-state index in [1.807, 2.05) is 0 Å². The molecule has 0 aliphatic rings. The molecule has 10 heteroatoms. The summed E-state index contributed by atoms with van der Waals surface area (Å²) in [6, 6.07) is 1.37. The van der Waals surface area contributed by atoms with Crippen LogP contribution in [0.1, 0.15) is 19.4 Å². The number of nitrogens with zero attached hydrogens (tertiary/aromatic N) is 2. The van der Waals surface area contributed by atoms with E-state index in [1.165, 1.54) is 0 Å². The molecule has 0 heterocycles. The van der Waals surface area contributed by atoms with Crippen LogP contribution in [-0.2, 0) is 15.8 Å². The maximum atomic E-state index is 13.1. The first-order valence-corrected chi connectivity index (χ1v) is 6.12. The highest BCUT2D eigenvalue weighted by molar-refractivity contribution is 9.10. The Morgan fingerprint density at radius 3 is 2.05 bits per heavy atom. The van der Waals surface area contributed by atoms with E-state index in [9.17, 15) is 32.9 Å². The molecule has 0 bridgehead atoms. The Hall–Kier alpha value is -1.97. The summed E-state index contributed by atoms with van der Waals surface area (Å²) in [5.74, 6) is -2.11. The summed E-state index contributed by atoms with van der Waals surface area (Å²) in [6.07, 6.45) is -4.98. The number of imide groups is 1. The van der Waals surface area contributed by atoms with Crippen molar-refractivity contribution < 1.29 is 27.7 Å². The number of alkyl halides is 3. The van der Waals surface area contributed by atoms with Gasteiger partial charge in [0.1, 0.15) is 5.69 Å². The van der Waals surface area contributed by atoms with Crippen molar-refractivity contribution in [1.82, 2.24) is 0 Å². The van der Waals surface area contributed by atoms with E-state index < -0.39 is 39.9 Å². The smallest absolute Gasteiger partial charge is 0.274 e. The van der Waals surface area contributed by atoms with Gasteiger partial charge in [-0.15, -0.1) is 0 Å². The second-order valence-electron chi connectivity index (χ2n) is 3.95. The van der Waals surface area contributed by atoms with E-state index in [0.717, 1.165) is 19.9 Å². The topological polar surface area (TPSA) is 80.5 Å². The summed E-state index contributed by atoms with van der Waals surface area (Å²) in [5, 5.41) is 11.0. The van der Waals surface area contributed by atoms with Gasteiger partial charge in [-0.25, -0.2) is 4.90 Å². The van der Waals surface area contributed by atoms with Crippen LogP contribution in [-0.4, -0.2) is 16.7 Å². The lowest BCUT2D eigenvalue weighted by atomic mass is 10.1. The van der Waals surface area contributed by atoms with Crippen molar-refractivity contribution in [2.45, 2.75) is 20.0 Å². The van der Waals surface area contributed by atoms with Crippen molar-refractivity contribution in [2.24, 2.45) is 0 Å².